The van der Waals surface area contributed by atoms with Gasteiger partial charge in [0, 0.05) is 20.0 Å². The molecule has 3 aromatic rings. The first-order valence-electron chi connectivity index (χ1n) is 12.0. The third-order valence-electron chi connectivity index (χ3n) is 6.97. The van der Waals surface area contributed by atoms with Crippen molar-refractivity contribution in [1.29, 1.82) is 0 Å². The van der Waals surface area contributed by atoms with Gasteiger partial charge in [-0.05, 0) is 30.4 Å². The van der Waals surface area contributed by atoms with Gasteiger partial charge in [-0.15, -0.1) is 11.3 Å². The molecular weight excluding hydrogens is 548 g/mol. The number of nitrogens with one attached hydrogen (secondary N) is 2. The summed E-state index contributed by atoms with van der Waals surface area (Å²) in [5.41, 5.74) is 10.7. The number of aromatic nitrogens is 4. The molecule has 2 aliphatic carbocycles. The van der Waals surface area contributed by atoms with E-state index in [1.54, 1.807) is 23.7 Å². The Kier molecular flexibility index (Phi) is 7.17. The Hall–Kier alpha value is -3.77. The number of fused-ring (bicyclic) bond motifs is 2. The second-order valence-electron chi connectivity index (χ2n) is 9.02. The van der Waals surface area contributed by atoms with E-state index in [0.29, 0.717) is 27.7 Å². The number of imidazole rings is 1. The number of esters is 2. The number of carbonyl (C=O) groups excluding carboxylic acids is 3. The van der Waals surface area contributed by atoms with E-state index < -0.39 is 48.7 Å². The van der Waals surface area contributed by atoms with E-state index in [0.717, 1.165) is 4.88 Å². The number of rotatable bonds is 7. The van der Waals surface area contributed by atoms with Crippen LogP contribution in [0.4, 0.5) is 5.82 Å². The molecule has 3 aromatic heterocycles. The van der Waals surface area contributed by atoms with E-state index in [-0.39, 0.29) is 17.6 Å². The largest absolute Gasteiger partial charge is 0.456 e. The molecule has 2 saturated carbocycles. The average Bonchev–Trinajstić information content (AvgIpc) is 3.17. The summed E-state index contributed by atoms with van der Waals surface area (Å²) >= 11 is 7.34. The molecule has 3 unspecified atom stereocenters. The fraction of sp³-hybridized carbons (Fsp3) is 0.417. The number of anilines is 1. The van der Waals surface area contributed by atoms with Gasteiger partial charge < -0.3 is 36.1 Å². The molecular formula is C24H25ClN8O5S. The Morgan fingerprint density at radius 2 is 1.92 bits per heavy atom. The molecule has 1 amide bonds. The highest BCUT2D eigenvalue weighted by atomic mass is 35.5. The zero-order valence-corrected chi connectivity index (χ0v) is 22.5. The SMILES string of the molecule is CNC(=O)[C@@]12CC1C(n1cnc3c(NC)nc(C#Cc4ccc(Cl)s4)nc31)C(OC(=O)CN)[C@@H]2OC(=O)CN. The Morgan fingerprint density at radius 3 is 2.56 bits per heavy atom. The van der Waals surface area contributed by atoms with Crippen LogP contribution in [0.5, 0.6) is 0 Å². The summed E-state index contributed by atoms with van der Waals surface area (Å²) in [7, 11) is 3.19. The summed E-state index contributed by atoms with van der Waals surface area (Å²) in [6.45, 7) is -0.806. The number of thiophene rings is 1. The van der Waals surface area contributed by atoms with Crippen molar-refractivity contribution in [3.05, 3.63) is 33.5 Å². The summed E-state index contributed by atoms with van der Waals surface area (Å²) in [4.78, 5) is 52.1. The number of halogens is 1. The predicted molar refractivity (Wildman–Crippen MR) is 142 cm³/mol. The maximum Gasteiger partial charge on any atom is 0.320 e. The first kappa shape index (κ1) is 26.8. The molecule has 39 heavy (non-hydrogen) atoms. The van der Waals surface area contributed by atoms with Gasteiger partial charge in [0.05, 0.1) is 40.1 Å². The highest BCUT2D eigenvalue weighted by Crippen LogP contribution is 2.69. The van der Waals surface area contributed by atoms with Crippen LogP contribution in [0.1, 0.15) is 23.2 Å². The van der Waals surface area contributed by atoms with Crippen LogP contribution in [0.25, 0.3) is 11.2 Å². The molecule has 204 valence electrons. The van der Waals surface area contributed by atoms with Crippen molar-refractivity contribution in [2.24, 2.45) is 22.8 Å². The van der Waals surface area contributed by atoms with Gasteiger partial charge in [-0.25, -0.2) is 15.0 Å². The first-order chi connectivity index (χ1) is 18.8. The monoisotopic (exact) mass is 572 g/mol. The number of nitrogens with two attached hydrogens (primary N) is 2. The van der Waals surface area contributed by atoms with Gasteiger partial charge in [0.25, 0.3) is 0 Å². The second-order valence-corrected chi connectivity index (χ2v) is 10.7. The number of carbonyl (C=O) groups is 3. The van der Waals surface area contributed by atoms with E-state index in [1.165, 1.54) is 24.7 Å². The number of hydrogen-bond donors (Lipinski definition) is 4. The smallest absolute Gasteiger partial charge is 0.320 e. The quantitative estimate of drug-likeness (QED) is 0.221. The van der Waals surface area contributed by atoms with Gasteiger partial charge >= 0.3 is 11.9 Å². The van der Waals surface area contributed by atoms with Crippen molar-refractivity contribution in [2.45, 2.75) is 24.7 Å². The zero-order valence-electron chi connectivity index (χ0n) is 20.9. The zero-order chi connectivity index (χ0) is 27.9. The van der Waals surface area contributed by atoms with Gasteiger partial charge in [0.2, 0.25) is 11.7 Å². The lowest BCUT2D eigenvalue weighted by atomic mass is 9.97. The molecule has 2 fully saturated rings. The molecule has 0 spiro atoms. The third-order valence-corrected chi connectivity index (χ3v) is 8.12. The predicted octanol–water partition coefficient (Wildman–Crippen LogP) is 0.0307. The van der Waals surface area contributed by atoms with Crippen LogP contribution in [0.3, 0.4) is 0 Å². The summed E-state index contributed by atoms with van der Waals surface area (Å²) in [5.74, 6) is 4.44. The minimum Gasteiger partial charge on any atom is -0.456 e. The molecule has 0 bridgehead atoms. The maximum atomic E-state index is 13.1. The molecule has 0 saturated heterocycles. The average molecular weight is 573 g/mol. The van der Waals surface area contributed by atoms with Crippen LogP contribution in [-0.2, 0) is 23.9 Å². The highest BCUT2D eigenvalue weighted by Gasteiger charge is 2.78. The highest BCUT2D eigenvalue weighted by molar-refractivity contribution is 7.16. The molecule has 0 aromatic carbocycles. The number of hydrogen-bond acceptors (Lipinski definition) is 12. The van der Waals surface area contributed by atoms with Crippen molar-refractivity contribution >= 4 is 57.8 Å². The molecule has 15 heteroatoms. The van der Waals surface area contributed by atoms with E-state index in [4.69, 9.17) is 32.5 Å². The molecule has 13 nitrogen and oxygen atoms in total. The Balaban J connectivity index is 1.63. The molecule has 2 aliphatic rings. The first-order valence-corrected chi connectivity index (χ1v) is 13.2. The van der Waals surface area contributed by atoms with Crippen LogP contribution in [0.15, 0.2) is 18.5 Å². The molecule has 6 N–H and O–H groups in total. The lowest BCUT2D eigenvalue weighted by molar-refractivity contribution is -0.172. The molecule has 0 aliphatic heterocycles. The van der Waals surface area contributed by atoms with E-state index >= 15 is 0 Å². The lowest BCUT2D eigenvalue weighted by Gasteiger charge is -2.30. The minimum atomic E-state index is -1.12. The van der Waals surface area contributed by atoms with Crippen molar-refractivity contribution in [3.8, 4) is 11.8 Å². The maximum absolute atomic E-state index is 13.1. The van der Waals surface area contributed by atoms with Gasteiger partial charge in [-0.1, -0.05) is 11.6 Å². The standard InChI is InChI=1S/C24H25ClN8O5S/c1-28-21-17-22(32-14(31-21)6-4-11-3-5-13(25)39-11)33(10-30-17)18-12-7-24(12,23(36)29-2)20(38-16(35)9-27)19(18)37-15(34)8-26/h3,5,10,12,18-20H,7-9,26-27H2,1-2H3,(H,29,36)(H,28,31,32)/t12?,18?,19?,20-,24-/m0/s1. The fourth-order valence-electron chi connectivity index (χ4n) is 5.29. The topological polar surface area (TPSA) is 189 Å². The van der Waals surface area contributed by atoms with E-state index in [9.17, 15) is 14.4 Å². The van der Waals surface area contributed by atoms with Crippen LogP contribution in [-0.4, -0.2) is 76.8 Å². The third kappa shape index (κ3) is 4.57. The van der Waals surface area contributed by atoms with Crippen LogP contribution in [0.2, 0.25) is 4.34 Å². The number of amides is 1. The Labute approximate surface area is 231 Å². The van der Waals surface area contributed by atoms with Gasteiger partial charge in [-0.3, -0.25) is 14.4 Å². The fourth-order valence-corrected chi connectivity index (χ4v) is 6.19. The van der Waals surface area contributed by atoms with Crippen molar-refractivity contribution in [1.82, 2.24) is 24.8 Å². The Bertz CT molecular complexity index is 1530. The number of ether oxygens (including phenoxy) is 2. The number of nitrogens with zero attached hydrogens (tertiary/aromatic N) is 4. The van der Waals surface area contributed by atoms with Crippen molar-refractivity contribution < 1.29 is 23.9 Å². The normalized spacial score (nSPS) is 24.8. The summed E-state index contributed by atoms with van der Waals surface area (Å²) in [6.07, 6.45) is -0.234. The molecule has 5 atom stereocenters. The lowest BCUT2D eigenvalue weighted by Crippen LogP contribution is -2.47. The minimum absolute atomic E-state index is 0.214. The van der Waals surface area contributed by atoms with E-state index in [1.807, 2.05) is 0 Å². The van der Waals surface area contributed by atoms with Crippen LogP contribution in [0, 0.1) is 23.2 Å². The Morgan fingerprint density at radius 1 is 1.18 bits per heavy atom. The van der Waals surface area contributed by atoms with Crippen LogP contribution >= 0.6 is 22.9 Å². The van der Waals surface area contributed by atoms with Crippen molar-refractivity contribution in [3.63, 3.8) is 0 Å². The summed E-state index contributed by atoms with van der Waals surface area (Å²) < 4.78 is 13.7. The molecule has 0 radical (unpaired) electrons. The van der Waals surface area contributed by atoms with Gasteiger partial charge in [-0.2, -0.15) is 0 Å². The van der Waals surface area contributed by atoms with Crippen LogP contribution < -0.4 is 22.1 Å². The molecule has 3 heterocycles. The second kappa shape index (κ2) is 10.4. The summed E-state index contributed by atoms with van der Waals surface area (Å²) in [5, 5.41) is 5.65. The van der Waals surface area contributed by atoms with E-state index in [2.05, 4.69) is 37.4 Å². The van der Waals surface area contributed by atoms with Gasteiger partial charge in [0.1, 0.15) is 0 Å². The van der Waals surface area contributed by atoms with Gasteiger partial charge in [0.15, 0.2) is 29.2 Å². The molecule has 5 rings (SSSR count). The summed E-state index contributed by atoms with van der Waals surface area (Å²) in [6, 6.07) is 2.89. The van der Waals surface area contributed by atoms with Crippen molar-refractivity contribution in [2.75, 3.05) is 32.5 Å².